The molecule has 0 aliphatic heterocycles. The zero-order valence-corrected chi connectivity index (χ0v) is 14.2. The minimum absolute atomic E-state index is 0.177. The normalized spacial score (nSPS) is 10.0. The van der Waals surface area contributed by atoms with Crippen LogP contribution in [0, 0.1) is 18.3 Å². The summed E-state index contributed by atoms with van der Waals surface area (Å²) in [6, 6.07) is 20.8. The summed E-state index contributed by atoms with van der Waals surface area (Å²) < 4.78 is 0. The van der Waals surface area contributed by atoms with Crippen molar-refractivity contribution in [2.45, 2.75) is 13.3 Å². The summed E-state index contributed by atoms with van der Waals surface area (Å²) in [4.78, 5) is 20.5. The number of hydrogen-bond acceptors (Lipinski definition) is 5. The molecule has 0 fully saturated rings. The number of nitriles is 1. The number of aryl methyl sites for hydroxylation is 1. The van der Waals surface area contributed by atoms with Crippen LogP contribution < -0.4 is 10.6 Å². The molecule has 2 N–H and O–H groups in total. The molecule has 0 aliphatic rings. The first-order valence-electron chi connectivity index (χ1n) is 8.09. The molecule has 0 saturated carbocycles. The van der Waals surface area contributed by atoms with Crippen LogP contribution in [0.3, 0.4) is 0 Å². The molecule has 0 aliphatic carbocycles. The lowest BCUT2D eigenvalue weighted by Crippen LogP contribution is -2.10. The maximum absolute atomic E-state index is 11.6. The van der Waals surface area contributed by atoms with Gasteiger partial charge in [0.15, 0.2) is 0 Å². The Morgan fingerprint density at radius 1 is 1.04 bits per heavy atom. The van der Waals surface area contributed by atoms with Gasteiger partial charge in [0, 0.05) is 23.0 Å². The second-order valence-corrected chi connectivity index (χ2v) is 5.64. The molecule has 6 nitrogen and oxygen atoms in total. The van der Waals surface area contributed by atoms with Gasteiger partial charge in [-0.1, -0.05) is 36.4 Å². The van der Waals surface area contributed by atoms with Gasteiger partial charge in [-0.15, -0.1) is 0 Å². The van der Waals surface area contributed by atoms with Crippen LogP contribution in [0.4, 0.5) is 17.2 Å². The van der Waals surface area contributed by atoms with Crippen molar-refractivity contribution in [3.05, 3.63) is 66.5 Å². The van der Waals surface area contributed by atoms with Gasteiger partial charge in [-0.25, -0.2) is 9.97 Å². The zero-order valence-electron chi connectivity index (χ0n) is 14.2. The molecule has 26 heavy (non-hydrogen) atoms. The van der Waals surface area contributed by atoms with Gasteiger partial charge >= 0.3 is 0 Å². The lowest BCUT2D eigenvalue weighted by Gasteiger charge is -2.10. The van der Waals surface area contributed by atoms with E-state index < -0.39 is 0 Å². The highest BCUT2D eigenvalue weighted by atomic mass is 16.1. The van der Waals surface area contributed by atoms with Crippen LogP contribution in [0.2, 0.25) is 0 Å². The van der Waals surface area contributed by atoms with Crippen molar-refractivity contribution < 1.29 is 4.79 Å². The number of nitrogens with zero attached hydrogens (tertiary/aromatic N) is 3. The largest absolute Gasteiger partial charge is 0.340 e. The van der Waals surface area contributed by atoms with E-state index in [1.807, 2.05) is 61.5 Å². The first-order valence-corrected chi connectivity index (χ1v) is 8.09. The van der Waals surface area contributed by atoms with Crippen LogP contribution in [0.1, 0.15) is 12.2 Å². The van der Waals surface area contributed by atoms with E-state index in [2.05, 4.69) is 20.6 Å². The van der Waals surface area contributed by atoms with Crippen LogP contribution in [0.5, 0.6) is 0 Å². The second kappa shape index (κ2) is 7.90. The van der Waals surface area contributed by atoms with Gasteiger partial charge in [0.2, 0.25) is 5.91 Å². The molecule has 0 unspecified atom stereocenters. The Morgan fingerprint density at radius 2 is 1.81 bits per heavy atom. The van der Waals surface area contributed by atoms with Crippen molar-refractivity contribution in [3.63, 3.8) is 0 Å². The van der Waals surface area contributed by atoms with Gasteiger partial charge < -0.3 is 10.6 Å². The van der Waals surface area contributed by atoms with E-state index >= 15 is 0 Å². The highest BCUT2D eigenvalue weighted by Crippen LogP contribution is 2.23. The molecule has 1 amide bonds. The van der Waals surface area contributed by atoms with Crippen LogP contribution >= 0.6 is 0 Å². The highest BCUT2D eigenvalue weighted by Gasteiger charge is 2.06. The molecule has 0 spiro atoms. The van der Waals surface area contributed by atoms with Crippen molar-refractivity contribution in [1.29, 1.82) is 5.26 Å². The van der Waals surface area contributed by atoms with Gasteiger partial charge in [-0.05, 0) is 25.1 Å². The Bertz CT molecular complexity index is 963. The number of carbonyl (C=O) groups excluding carboxylic acids is 1. The van der Waals surface area contributed by atoms with Gasteiger partial charge in [-0.2, -0.15) is 5.26 Å². The first kappa shape index (κ1) is 17.1. The van der Waals surface area contributed by atoms with E-state index in [1.165, 1.54) is 0 Å². The molecule has 6 heteroatoms. The topological polar surface area (TPSA) is 90.7 Å². The van der Waals surface area contributed by atoms with Crippen molar-refractivity contribution in [2.75, 3.05) is 10.6 Å². The smallest absolute Gasteiger partial charge is 0.238 e. The van der Waals surface area contributed by atoms with Gasteiger partial charge in [-0.3, -0.25) is 4.79 Å². The lowest BCUT2D eigenvalue weighted by molar-refractivity contribution is -0.115. The van der Waals surface area contributed by atoms with E-state index in [0.717, 1.165) is 16.9 Å². The first-order chi connectivity index (χ1) is 12.6. The molecule has 1 aromatic heterocycles. The quantitative estimate of drug-likeness (QED) is 0.729. The summed E-state index contributed by atoms with van der Waals surface area (Å²) in [6.07, 6.45) is -0.177. The Kier molecular flexibility index (Phi) is 5.20. The predicted molar refractivity (Wildman–Crippen MR) is 101 cm³/mol. The van der Waals surface area contributed by atoms with E-state index in [1.54, 1.807) is 12.1 Å². The Labute approximate surface area is 151 Å². The van der Waals surface area contributed by atoms with Gasteiger partial charge in [0.25, 0.3) is 0 Å². The molecule has 3 aromatic rings. The van der Waals surface area contributed by atoms with Gasteiger partial charge in [0.05, 0.1) is 11.8 Å². The predicted octanol–water partition coefficient (Wildman–Crippen LogP) is 4.05. The lowest BCUT2D eigenvalue weighted by atomic mass is 10.1. The fourth-order valence-electron chi connectivity index (χ4n) is 2.49. The number of hydrogen-bond donors (Lipinski definition) is 2. The van der Waals surface area contributed by atoms with Crippen LogP contribution in [-0.4, -0.2) is 15.9 Å². The summed E-state index contributed by atoms with van der Waals surface area (Å²) in [7, 11) is 0. The molecular weight excluding hydrogens is 326 g/mol. The molecule has 0 radical (unpaired) electrons. The summed E-state index contributed by atoms with van der Waals surface area (Å²) >= 11 is 0. The Hall–Kier alpha value is -3.72. The molecule has 0 atom stereocenters. The minimum Gasteiger partial charge on any atom is -0.340 e. The molecule has 2 aromatic carbocycles. The molecule has 3 rings (SSSR count). The maximum Gasteiger partial charge on any atom is 0.238 e. The maximum atomic E-state index is 11.6. The monoisotopic (exact) mass is 343 g/mol. The van der Waals surface area contributed by atoms with Crippen molar-refractivity contribution >= 4 is 23.1 Å². The number of benzene rings is 2. The van der Waals surface area contributed by atoms with Crippen LogP contribution in [0.25, 0.3) is 11.3 Å². The number of nitrogens with one attached hydrogen (secondary N) is 2. The third-order valence-electron chi connectivity index (χ3n) is 3.57. The summed E-state index contributed by atoms with van der Waals surface area (Å²) in [5, 5.41) is 14.5. The summed E-state index contributed by atoms with van der Waals surface area (Å²) in [5.41, 5.74) is 3.24. The molecule has 128 valence electrons. The van der Waals surface area contributed by atoms with Gasteiger partial charge in [0.1, 0.15) is 18.1 Å². The van der Waals surface area contributed by atoms with Crippen molar-refractivity contribution in [3.8, 4) is 17.3 Å². The molecular formula is C20H17N5O. The van der Waals surface area contributed by atoms with Crippen LogP contribution in [-0.2, 0) is 4.79 Å². The third kappa shape index (κ3) is 4.42. The standard InChI is InChI=1S/C20H17N5O/c1-14-22-18(15-6-3-2-4-7-15)13-19(23-14)24-16-8-5-9-17(12-16)25-20(26)10-11-21/h2-9,12-13H,10H2,1H3,(H,25,26)(H,22,23,24). The average molecular weight is 343 g/mol. The van der Waals surface area contributed by atoms with E-state index in [9.17, 15) is 4.79 Å². The van der Waals surface area contributed by atoms with E-state index in [0.29, 0.717) is 17.3 Å². The number of carbonyl (C=O) groups is 1. The highest BCUT2D eigenvalue weighted by molar-refractivity contribution is 5.92. The summed E-state index contributed by atoms with van der Waals surface area (Å²) in [5.74, 6) is 0.984. The average Bonchev–Trinajstić information content (AvgIpc) is 2.62. The SMILES string of the molecule is Cc1nc(Nc2cccc(NC(=O)CC#N)c2)cc(-c2ccccc2)n1. The van der Waals surface area contributed by atoms with E-state index in [-0.39, 0.29) is 12.3 Å². The number of anilines is 3. The fourth-order valence-corrected chi connectivity index (χ4v) is 2.49. The van der Waals surface area contributed by atoms with Crippen LogP contribution in [0.15, 0.2) is 60.7 Å². The Balaban J connectivity index is 1.82. The van der Waals surface area contributed by atoms with Crippen molar-refractivity contribution in [2.24, 2.45) is 0 Å². The zero-order chi connectivity index (χ0) is 18.4. The summed E-state index contributed by atoms with van der Waals surface area (Å²) in [6.45, 7) is 1.84. The second-order valence-electron chi connectivity index (χ2n) is 5.64. The number of aromatic nitrogens is 2. The third-order valence-corrected chi connectivity index (χ3v) is 3.57. The molecule has 0 saturated heterocycles. The fraction of sp³-hybridized carbons (Fsp3) is 0.100. The molecule has 1 heterocycles. The number of amides is 1. The molecule has 0 bridgehead atoms. The Morgan fingerprint density at radius 3 is 2.58 bits per heavy atom. The van der Waals surface area contributed by atoms with Crippen molar-refractivity contribution in [1.82, 2.24) is 9.97 Å². The minimum atomic E-state index is -0.339. The number of rotatable bonds is 5. The van der Waals surface area contributed by atoms with E-state index in [4.69, 9.17) is 5.26 Å².